The number of carboxylic acid groups (broad SMARTS) is 1. The lowest BCUT2D eigenvalue weighted by Gasteiger charge is -2.27. The molecule has 4 heteroatoms. The number of carbonyl (C=O) groups is 1. The number of rotatable bonds is 2. The number of esters is 1. The molecule has 80 valence electrons. The van der Waals surface area contributed by atoms with Crippen molar-refractivity contribution in [1.82, 2.24) is 0 Å². The van der Waals surface area contributed by atoms with E-state index in [0.29, 0.717) is 18.8 Å². The van der Waals surface area contributed by atoms with Crippen molar-refractivity contribution in [2.45, 2.75) is 26.2 Å². The Labute approximate surface area is 83.2 Å². The van der Waals surface area contributed by atoms with E-state index < -0.39 is 11.9 Å². The molecule has 1 fully saturated rings. The van der Waals surface area contributed by atoms with Crippen molar-refractivity contribution in [2.24, 2.45) is 17.8 Å². The molecular formula is C10H17O4+. The van der Waals surface area contributed by atoms with E-state index in [9.17, 15) is 9.59 Å². The van der Waals surface area contributed by atoms with Crippen LogP contribution in [0.5, 0.6) is 0 Å². The largest absolute Gasteiger partial charge is 0.486 e. The third-order valence-electron chi connectivity index (χ3n) is 2.96. The Morgan fingerprint density at radius 3 is 2.57 bits per heavy atom. The molecule has 2 N–H and O–H groups in total. The topological polar surface area (TPSA) is 67.9 Å². The number of carboxylic acids is 1. The lowest BCUT2D eigenvalue weighted by atomic mass is 9.74. The van der Waals surface area contributed by atoms with Crippen molar-refractivity contribution >= 4 is 11.9 Å². The highest BCUT2D eigenvalue weighted by molar-refractivity contribution is 5.81. The van der Waals surface area contributed by atoms with Gasteiger partial charge in [-0.25, -0.2) is 0 Å². The van der Waals surface area contributed by atoms with Gasteiger partial charge in [-0.1, -0.05) is 6.92 Å². The minimum atomic E-state index is -0.842. The Morgan fingerprint density at radius 1 is 1.43 bits per heavy atom. The first kappa shape index (κ1) is 11.0. The fourth-order valence-electron chi connectivity index (χ4n) is 2.10. The zero-order valence-electron chi connectivity index (χ0n) is 8.56. The van der Waals surface area contributed by atoms with Crippen LogP contribution in [-0.4, -0.2) is 28.9 Å². The predicted molar refractivity (Wildman–Crippen MR) is 51.6 cm³/mol. The van der Waals surface area contributed by atoms with E-state index in [1.807, 2.05) is 6.92 Å². The fourth-order valence-corrected chi connectivity index (χ4v) is 2.10. The van der Waals surface area contributed by atoms with E-state index in [2.05, 4.69) is 0 Å². The highest BCUT2D eigenvalue weighted by Crippen LogP contribution is 2.34. The lowest BCUT2D eigenvalue weighted by Crippen LogP contribution is -2.35. The fraction of sp³-hybridized carbons (Fsp3) is 0.800. The molecule has 0 aromatic rings. The molecule has 3 atom stereocenters. The molecule has 1 rings (SSSR count). The SMILES string of the molecule is COC(=[OH+])C1CCC(C)CC1C(=O)O. The first-order valence-corrected chi connectivity index (χ1v) is 4.88. The van der Waals surface area contributed by atoms with Crippen LogP contribution in [0.15, 0.2) is 0 Å². The standard InChI is InChI=1S/C10H16O4/c1-6-3-4-7(10(13)14-2)8(5-6)9(11)12/h6-8H,3-5H2,1-2H3,(H,11,12)/p+1. The number of ether oxygens (including phenoxy) is 1. The van der Waals surface area contributed by atoms with Gasteiger partial charge in [0.2, 0.25) is 0 Å². The van der Waals surface area contributed by atoms with Crippen LogP contribution < -0.4 is 0 Å². The summed E-state index contributed by atoms with van der Waals surface area (Å²) in [5, 5.41) is 8.99. The van der Waals surface area contributed by atoms with Gasteiger partial charge in [-0.3, -0.25) is 4.79 Å². The summed E-state index contributed by atoms with van der Waals surface area (Å²) in [6, 6.07) is 0. The number of hydrogen-bond acceptors (Lipinski definition) is 2. The third-order valence-corrected chi connectivity index (χ3v) is 2.96. The second-order valence-corrected chi connectivity index (χ2v) is 4.01. The van der Waals surface area contributed by atoms with Gasteiger partial charge < -0.3 is 14.6 Å². The summed E-state index contributed by atoms with van der Waals surface area (Å²) in [5.41, 5.74) is 0. The van der Waals surface area contributed by atoms with E-state index in [1.54, 1.807) is 0 Å². The van der Waals surface area contributed by atoms with E-state index in [4.69, 9.17) is 9.84 Å². The molecule has 3 unspecified atom stereocenters. The molecule has 1 aliphatic rings. The van der Waals surface area contributed by atoms with Crippen molar-refractivity contribution in [3.8, 4) is 0 Å². The van der Waals surface area contributed by atoms with Gasteiger partial charge in [0.15, 0.2) is 7.11 Å². The Balaban J connectivity index is 2.72. The normalized spacial score (nSPS) is 32.3. The molecule has 0 aliphatic heterocycles. The monoisotopic (exact) mass is 201 g/mol. The summed E-state index contributed by atoms with van der Waals surface area (Å²) in [6.07, 6.45) is 2.26. The average molecular weight is 201 g/mol. The smallest absolute Gasteiger partial charge is 0.481 e. The molecule has 0 aromatic carbocycles. The molecule has 0 saturated heterocycles. The van der Waals surface area contributed by atoms with Crippen LogP contribution in [0, 0.1) is 17.8 Å². The summed E-state index contributed by atoms with van der Waals surface area (Å²) in [6.45, 7) is 2.04. The van der Waals surface area contributed by atoms with Crippen molar-refractivity contribution in [3.63, 3.8) is 0 Å². The summed E-state index contributed by atoms with van der Waals surface area (Å²) >= 11 is 0. The Hall–Kier alpha value is -1.06. The molecule has 0 heterocycles. The highest BCUT2D eigenvalue weighted by atomic mass is 16.5. The van der Waals surface area contributed by atoms with Gasteiger partial charge in [0.05, 0.1) is 5.92 Å². The van der Waals surface area contributed by atoms with E-state index >= 15 is 0 Å². The van der Waals surface area contributed by atoms with Gasteiger partial charge in [-0.15, -0.1) is 0 Å². The van der Waals surface area contributed by atoms with Gasteiger partial charge in [-0.2, -0.15) is 0 Å². The van der Waals surface area contributed by atoms with Crippen molar-refractivity contribution in [2.75, 3.05) is 7.11 Å². The van der Waals surface area contributed by atoms with Crippen LogP contribution in [0.1, 0.15) is 26.2 Å². The Morgan fingerprint density at radius 2 is 2.07 bits per heavy atom. The lowest BCUT2D eigenvalue weighted by molar-refractivity contribution is -0.144. The van der Waals surface area contributed by atoms with E-state index in [1.165, 1.54) is 7.11 Å². The van der Waals surface area contributed by atoms with Crippen LogP contribution in [-0.2, 0) is 9.53 Å². The van der Waals surface area contributed by atoms with Crippen molar-refractivity contribution < 1.29 is 19.4 Å². The van der Waals surface area contributed by atoms with Crippen molar-refractivity contribution in [3.05, 3.63) is 0 Å². The molecule has 0 radical (unpaired) electrons. The van der Waals surface area contributed by atoms with Crippen LogP contribution in [0.3, 0.4) is 0 Å². The zero-order chi connectivity index (χ0) is 10.7. The molecule has 0 amide bonds. The molecule has 14 heavy (non-hydrogen) atoms. The van der Waals surface area contributed by atoms with Gasteiger partial charge in [0.25, 0.3) is 0 Å². The maximum absolute atomic E-state index is 11.0. The summed E-state index contributed by atoms with van der Waals surface area (Å²) < 4.78 is 4.71. The molecular weight excluding hydrogens is 184 g/mol. The molecule has 0 bridgehead atoms. The summed E-state index contributed by atoms with van der Waals surface area (Å²) in [4.78, 5) is 20.4. The van der Waals surface area contributed by atoms with Gasteiger partial charge in [-0.05, 0) is 25.2 Å². The van der Waals surface area contributed by atoms with Gasteiger partial charge in [0.1, 0.15) is 5.92 Å². The maximum atomic E-state index is 11.0. The Bertz CT molecular complexity index is 236. The zero-order valence-corrected chi connectivity index (χ0v) is 8.56. The molecule has 1 saturated carbocycles. The quantitative estimate of drug-likeness (QED) is 0.540. The maximum Gasteiger partial charge on any atom is 0.486 e. The number of hydrogen-bond donors (Lipinski definition) is 1. The van der Waals surface area contributed by atoms with Crippen molar-refractivity contribution in [1.29, 1.82) is 0 Å². The van der Waals surface area contributed by atoms with Gasteiger partial charge in [0, 0.05) is 0 Å². The molecule has 0 spiro atoms. The molecule has 0 aromatic heterocycles. The minimum Gasteiger partial charge on any atom is -0.481 e. The second-order valence-electron chi connectivity index (χ2n) is 4.01. The number of carbonyl (C=O) groups excluding carboxylic acids is 1. The second kappa shape index (κ2) is 4.44. The summed E-state index contributed by atoms with van der Waals surface area (Å²) in [5.74, 6) is -1.40. The van der Waals surface area contributed by atoms with Gasteiger partial charge >= 0.3 is 11.9 Å². The first-order valence-electron chi connectivity index (χ1n) is 4.88. The highest BCUT2D eigenvalue weighted by Gasteiger charge is 2.42. The third kappa shape index (κ3) is 2.25. The van der Waals surface area contributed by atoms with E-state index in [0.717, 1.165) is 6.42 Å². The van der Waals surface area contributed by atoms with E-state index in [-0.39, 0.29) is 11.9 Å². The van der Waals surface area contributed by atoms with Crippen LogP contribution in [0.25, 0.3) is 0 Å². The Kier molecular flexibility index (Phi) is 3.49. The van der Waals surface area contributed by atoms with Crippen LogP contribution in [0.2, 0.25) is 0 Å². The predicted octanol–water partition coefficient (Wildman–Crippen LogP) is 1.27. The average Bonchev–Trinajstić information content (AvgIpc) is 2.16. The first-order chi connectivity index (χ1) is 6.56. The number of methoxy groups -OCH3 is 1. The van der Waals surface area contributed by atoms with Crippen LogP contribution in [0.4, 0.5) is 0 Å². The van der Waals surface area contributed by atoms with Crippen LogP contribution >= 0.6 is 0 Å². The molecule has 1 aliphatic carbocycles. The minimum absolute atomic E-state index is 0.135. The number of aliphatic carboxylic acids is 1. The summed E-state index contributed by atoms with van der Waals surface area (Å²) in [7, 11) is 1.37. The molecule has 4 nitrogen and oxygen atoms in total.